The molecule has 2 aromatic rings. The number of hydrogen-bond acceptors (Lipinski definition) is 3. The highest BCUT2D eigenvalue weighted by Crippen LogP contribution is 2.41. The van der Waals surface area contributed by atoms with Crippen molar-refractivity contribution in [3.05, 3.63) is 46.8 Å². The maximum absolute atomic E-state index is 12.8. The molecule has 0 saturated carbocycles. The summed E-state index contributed by atoms with van der Waals surface area (Å²) in [7, 11) is 0. The number of hydrogen-bond donors (Lipinski definition) is 0. The van der Waals surface area contributed by atoms with Crippen molar-refractivity contribution < 1.29 is 22.7 Å². The first kappa shape index (κ1) is 14.6. The van der Waals surface area contributed by atoms with E-state index < -0.39 is 17.0 Å². The smallest absolute Gasteiger partial charge is 0.425 e. The highest BCUT2D eigenvalue weighted by Gasteiger charge is 2.35. The quantitative estimate of drug-likeness (QED) is 0.774. The van der Waals surface area contributed by atoms with Crippen LogP contribution in [-0.2, 0) is 10.9 Å². The minimum atomic E-state index is -4.47. The molecule has 1 aromatic heterocycles. The third-order valence-electron chi connectivity index (χ3n) is 2.54. The Hall–Kier alpha value is -1.82. The van der Waals surface area contributed by atoms with Gasteiger partial charge in [-0.25, -0.2) is 4.79 Å². The third-order valence-corrected chi connectivity index (χ3v) is 3.77. The summed E-state index contributed by atoms with van der Waals surface area (Å²) in [5.74, 6) is -0.738. The zero-order chi connectivity index (χ0) is 14.8. The maximum Gasteiger partial charge on any atom is 0.425 e. The van der Waals surface area contributed by atoms with Crippen molar-refractivity contribution >= 4 is 17.3 Å². The summed E-state index contributed by atoms with van der Waals surface area (Å²) >= 11 is 0.548. The summed E-state index contributed by atoms with van der Waals surface area (Å²) in [5, 5.41) is 0. The van der Waals surface area contributed by atoms with E-state index in [0.717, 1.165) is 6.07 Å². The predicted octanol–water partition coefficient (Wildman–Crippen LogP) is 4.61. The Morgan fingerprint density at radius 3 is 2.45 bits per heavy atom. The number of halogens is 3. The molecule has 0 fully saturated rings. The molecule has 0 aliphatic carbocycles. The number of alkyl halides is 3. The van der Waals surface area contributed by atoms with Crippen LogP contribution in [0.3, 0.4) is 0 Å². The second-order valence-corrected chi connectivity index (χ2v) is 4.99. The SMILES string of the molecule is CCOC(=O)c1cc(C(F)(F)F)sc1-c1ccccc1. The van der Waals surface area contributed by atoms with Crippen molar-refractivity contribution in [1.29, 1.82) is 0 Å². The summed E-state index contributed by atoms with van der Waals surface area (Å²) in [5.41, 5.74) is 0.520. The lowest BCUT2D eigenvalue weighted by Gasteiger charge is -2.03. The van der Waals surface area contributed by atoms with Crippen molar-refractivity contribution in [2.24, 2.45) is 0 Å². The lowest BCUT2D eigenvalue weighted by atomic mass is 10.1. The molecule has 20 heavy (non-hydrogen) atoms. The van der Waals surface area contributed by atoms with Crippen LogP contribution >= 0.6 is 11.3 Å². The fourth-order valence-electron chi connectivity index (χ4n) is 1.70. The number of esters is 1. The molecule has 6 heteroatoms. The Balaban J connectivity index is 2.54. The van der Waals surface area contributed by atoms with E-state index >= 15 is 0 Å². The van der Waals surface area contributed by atoms with Crippen molar-refractivity contribution in [2.45, 2.75) is 13.1 Å². The molecule has 0 spiro atoms. The lowest BCUT2D eigenvalue weighted by molar-refractivity contribution is -0.134. The first-order valence-corrected chi connectivity index (χ1v) is 6.68. The monoisotopic (exact) mass is 300 g/mol. The van der Waals surface area contributed by atoms with Crippen LogP contribution in [0.25, 0.3) is 10.4 Å². The van der Waals surface area contributed by atoms with E-state index in [1.54, 1.807) is 37.3 Å². The van der Waals surface area contributed by atoms with Gasteiger partial charge in [-0.15, -0.1) is 11.3 Å². The molecular formula is C14H11F3O2S. The Kier molecular flexibility index (Phi) is 4.13. The molecule has 0 aliphatic heterocycles. The topological polar surface area (TPSA) is 26.3 Å². The van der Waals surface area contributed by atoms with Crippen LogP contribution in [0.2, 0.25) is 0 Å². The van der Waals surface area contributed by atoms with Gasteiger partial charge in [0.2, 0.25) is 0 Å². The van der Waals surface area contributed by atoms with Gasteiger partial charge in [0.1, 0.15) is 4.88 Å². The Labute approximate surface area is 117 Å². The zero-order valence-electron chi connectivity index (χ0n) is 10.5. The van der Waals surface area contributed by atoms with E-state index in [4.69, 9.17) is 4.74 Å². The highest BCUT2D eigenvalue weighted by atomic mass is 32.1. The highest BCUT2D eigenvalue weighted by molar-refractivity contribution is 7.16. The van der Waals surface area contributed by atoms with Gasteiger partial charge in [0.05, 0.1) is 12.2 Å². The van der Waals surface area contributed by atoms with Crippen LogP contribution in [0.4, 0.5) is 13.2 Å². The van der Waals surface area contributed by atoms with E-state index in [9.17, 15) is 18.0 Å². The van der Waals surface area contributed by atoms with Gasteiger partial charge in [0.15, 0.2) is 0 Å². The first-order valence-electron chi connectivity index (χ1n) is 5.87. The molecule has 1 aromatic carbocycles. The molecular weight excluding hydrogens is 289 g/mol. The first-order chi connectivity index (χ1) is 9.43. The summed E-state index contributed by atoms with van der Waals surface area (Å²) in [6.07, 6.45) is -4.47. The lowest BCUT2D eigenvalue weighted by Crippen LogP contribution is -2.05. The number of ether oxygens (including phenoxy) is 1. The Bertz CT molecular complexity index is 603. The molecule has 1 heterocycles. The van der Waals surface area contributed by atoms with Crippen molar-refractivity contribution in [2.75, 3.05) is 6.61 Å². The van der Waals surface area contributed by atoms with Crippen LogP contribution in [0.1, 0.15) is 22.2 Å². The molecule has 0 aliphatic rings. The molecule has 106 valence electrons. The molecule has 0 atom stereocenters. The number of benzene rings is 1. The zero-order valence-corrected chi connectivity index (χ0v) is 11.3. The normalized spacial score (nSPS) is 11.4. The minimum Gasteiger partial charge on any atom is -0.462 e. The van der Waals surface area contributed by atoms with Crippen LogP contribution in [0, 0.1) is 0 Å². The molecule has 2 rings (SSSR count). The van der Waals surface area contributed by atoms with E-state index in [2.05, 4.69) is 0 Å². The van der Waals surface area contributed by atoms with Gasteiger partial charge in [0, 0.05) is 4.88 Å². The number of rotatable bonds is 3. The largest absolute Gasteiger partial charge is 0.462 e. The van der Waals surface area contributed by atoms with Crippen molar-refractivity contribution in [3.8, 4) is 10.4 Å². The molecule has 0 saturated heterocycles. The van der Waals surface area contributed by atoms with E-state index in [-0.39, 0.29) is 17.0 Å². The standard InChI is InChI=1S/C14H11F3O2S/c1-2-19-13(18)10-8-11(14(15,16)17)20-12(10)9-6-4-3-5-7-9/h3-8H,2H2,1H3. The summed E-state index contributed by atoms with van der Waals surface area (Å²) in [6, 6.07) is 9.34. The molecule has 0 radical (unpaired) electrons. The Morgan fingerprint density at radius 1 is 1.25 bits per heavy atom. The van der Waals surface area contributed by atoms with Gasteiger partial charge in [0.25, 0.3) is 0 Å². The van der Waals surface area contributed by atoms with E-state index in [1.807, 2.05) is 0 Å². The molecule has 0 unspecified atom stereocenters. The van der Waals surface area contributed by atoms with E-state index in [0.29, 0.717) is 16.9 Å². The van der Waals surface area contributed by atoms with E-state index in [1.165, 1.54) is 0 Å². The fourth-order valence-corrected chi connectivity index (χ4v) is 2.71. The van der Waals surface area contributed by atoms with Crippen molar-refractivity contribution in [1.82, 2.24) is 0 Å². The van der Waals surface area contributed by atoms with Crippen molar-refractivity contribution in [3.63, 3.8) is 0 Å². The third kappa shape index (κ3) is 3.01. The average Bonchev–Trinajstić information content (AvgIpc) is 2.85. The van der Waals surface area contributed by atoms with Crippen LogP contribution in [0.5, 0.6) is 0 Å². The van der Waals surface area contributed by atoms with Crippen LogP contribution in [-0.4, -0.2) is 12.6 Å². The van der Waals surface area contributed by atoms with Gasteiger partial charge in [-0.2, -0.15) is 13.2 Å². The number of carbonyl (C=O) groups excluding carboxylic acids is 1. The van der Waals surface area contributed by atoms with Gasteiger partial charge < -0.3 is 4.74 Å². The fraction of sp³-hybridized carbons (Fsp3) is 0.214. The van der Waals surface area contributed by atoms with Gasteiger partial charge in [-0.3, -0.25) is 0 Å². The second kappa shape index (κ2) is 5.66. The Morgan fingerprint density at radius 2 is 1.90 bits per heavy atom. The number of carbonyl (C=O) groups is 1. The summed E-state index contributed by atoms with van der Waals surface area (Å²) < 4.78 is 43.2. The summed E-state index contributed by atoms with van der Waals surface area (Å²) in [4.78, 5) is 11.3. The molecule has 2 nitrogen and oxygen atoms in total. The molecule has 0 bridgehead atoms. The van der Waals surface area contributed by atoms with Gasteiger partial charge in [-0.05, 0) is 18.6 Å². The van der Waals surface area contributed by atoms with Gasteiger partial charge in [-0.1, -0.05) is 30.3 Å². The summed E-state index contributed by atoms with van der Waals surface area (Å²) in [6.45, 7) is 1.72. The minimum absolute atomic E-state index is 0.0459. The van der Waals surface area contributed by atoms with Gasteiger partial charge >= 0.3 is 12.1 Å². The average molecular weight is 300 g/mol. The van der Waals surface area contributed by atoms with Crippen LogP contribution in [0.15, 0.2) is 36.4 Å². The molecule has 0 amide bonds. The molecule has 0 N–H and O–H groups in total. The predicted molar refractivity (Wildman–Crippen MR) is 70.7 cm³/mol. The number of thiophene rings is 1. The maximum atomic E-state index is 12.8. The van der Waals surface area contributed by atoms with Crippen LogP contribution < -0.4 is 0 Å². The second-order valence-electron chi connectivity index (χ2n) is 3.94.